The van der Waals surface area contributed by atoms with Crippen LogP contribution in [0.2, 0.25) is 0 Å². The van der Waals surface area contributed by atoms with E-state index in [1.54, 1.807) is 0 Å². The largest absolute Gasteiger partial charge is 0.382 e. The van der Waals surface area contributed by atoms with Crippen LogP contribution >= 0.6 is 0 Å². The van der Waals surface area contributed by atoms with Crippen molar-refractivity contribution < 1.29 is 4.74 Å². The third kappa shape index (κ3) is 3.64. The van der Waals surface area contributed by atoms with E-state index in [1.165, 1.54) is 5.56 Å². The zero-order valence-electron chi connectivity index (χ0n) is 15.6. The molecule has 0 bridgehead atoms. The monoisotopic (exact) mass is 360 g/mol. The highest BCUT2D eigenvalue weighted by molar-refractivity contribution is 6.06. The fourth-order valence-electron chi connectivity index (χ4n) is 3.52. The second kappa shape index (κ2) is 7.76. The first-order valence-corrected chi connectivity index (χ1v) is 9.37. The quantitative estimate of drug-likeness (QED) is 0.503. The van der Waals surface area contributed by atoms with Crippen molar-refractivity contribution in [1.82, 2.24) is 14.5 Å². The van der Waals surface area contributed by atoms with E-state index in [4.69, 9.17) is 10.5 Å². The van der Waals surface area contributed by atoms with E-state index in [2.05, 4.69) is 44.9 Å². The molecule has 0 aliphatic rings. The Morgan fingerprint density at radius 1 is 0.963 bits per heavy atom. The minimum Gasteiger partial charge on any atom is -0.382 e. The lowest BCUT2D eigenvalue weighted by atomic mass is 10.1. The Morgan fingerprint density at radius 3 is 2.59 bits per heavy atom. The number of rotatable bonds is 7. The van der Waals surface area contributed by atoms with Crippen molar-refractivity contribution in [3.63, 3.8) is 0 Å². The van der Waals surface area contributed by atoms with E-state index < -0.39 is 0 Å². The summed E-state index contributed by atoms with van der Waals surface area (Å²) in [6.07, 6.45) is 2.06. The molecule has 0 aliphatic carbocycles. The molecular weight excluding hydrogens is 336 g/mol. The van der Waals surface area contributed by atoms with Crippen LogP contribution in [0.25, 0.3) is 21.9 Å². The summed E-state index contributed by atoms with van der Waals surface area (Å²) in [7, 11) is 0. The van der Waals surface area contributed by atoms with Crippen molar-refractivity contribution in [1.29, 1.82) is 0 Å². The number of nitrogens with zero attached hydrogens (tertiary/aromatic N) is 3. The molecule has 138 valence electrons. The van der Waals surface area contributed by atoms with Gasteiger partial charge in [0.05, 0.1) is 17.6 Å². The maximum atomic E-state index is 6.14. The van der Waals surface area contributed by atoms with E-state index >= 15 is 0 Å². The van der Waals surface area contributed by atoms with Crippen molar-refractivity contribution in [2.75, 3.05) is 18.9 Å². The molecule has 27 heavy (non-hydrogen) atoms. The molecule has 4 rings (SSSR count). The number of aromatic nitrogens is 3. The number of anilines is 1. The molecule has 0 aliphatic heterocycles. The number of pyridine rings is 1. The minimum absolute atomic E-state index is 0.481. The Bertz CT molecular complexity index is 1060. The Labute approximate surface area is 158 Å². The average molecular weight is 360 g/mol. The molecule has 0 unspecified atom stereocenters. The SMILES string of the molecule is Cc1nc2c(N)nc3ccccc3c2n1CCOCCCc1ccccc1. The lowest BCUT2D eigenvalue weighted by Gasteiger charge is -2.10. The molecule has 5 nitrogen and oxygen atoms in total. The third-order valence-electron chi connectivity index (χ3n) is 4.86. The van der Waals surface area contributed by atoms with E-state index in [0.29, 0.717) is 12.4 Å². The van der Waals surface area contributed by atoms with Gasteiger partial charge in [-0.25, -0.2) is 9.97 Å². The van der Waals surface area contributed by atoms with Crippen LogP contribution in [0.15, 0.2) is 54.6 Å². The standard InChI is InChI=1S/C22H24N4O/c1-16-24-20-21(18-11-5-6-12-19(18)25-22(20)23)26(16)13-15-27-14-7-10-17-8-3-2-4-9-17/h2-6,8-9,11-12H,7,10,13-15H2,1H3,(H2,23,25). The van der Waals surface area contributed by atoms with Crippen molar-refractivity contribution in [2.24, 2.45) is 0 Å². The first kappa shape index (κ1) is 17.5. The van der Waals surface area contributed by atoms with Gasteiger partial charge < -0.3 is 15.0 Å². The number of hydrogen-bond donors (Lipinski definition) is 1. The Hall–Kier alpha value is -2.92. The maximum absolute atomic E-state index is 6.14. The zero-order chi connectivity index (χ0) is 18.6. The van der Waals surface area contributed by atoms with Gasteiger partial charge in [0.25, 0.3) is 0 Å². The second-order valence-corrected chi connectivity index (χ2v) is 6.72. The summed E-state index contributed by atoms with van der Waals surface area (Å²) >= 11 is 0. The second-order valence-electron chi connectivity index (χ2n) is 6.72. The fraction of sp³-hybridized carbons (Fsp3) is 0.273. The molecule has 5 heteroatoms. The average Bonchev–Trinajstić information content (AvgIpc) is 3.03. The van der Waals surface area contributed by atoms with Gasteiger partial charge >= 0.3 is 0 Å². The highest BCUT2D eigenvalue weighted by Crippen LogP contribution is 2.28. The molecule has 2 aromatic carbocycles. The zero-order valence-corrected chi connectivity index (χ0v) is 15.6. The van der Waals surface area contributed by atoms with Crippen LogP contribution in [0.3, 0.4) is 0 Å². The number of para-hydroxylation sites is 1. The Kier molecular flexibility index (Phi) is 5.03. The van der Waals surface area contributed by atoms with Crippen molar-refractivity contribution in [2.45, 2.75) is 26.3 Å². The van der Waals surface area contributed by atoms with Crippen LogP contribution in [0.5, 0.6) is 0 Å². The summed E-state index contributed by atoms with van der Waals surface area (Å²) in [5, 5.41) is 1.08. The van der Waals surface area contributed by atoms with Crippen LogP contribution in [0.1, 0.15) is 17.8 Å². The number of benzene rings is 2. The number of nitrogen functional groups attached to an aromatic ring is 1. The Balaban J connectivity index is 1.44. The lowest BCUT2D eigenvalue weighted by molar-refractivity contribution is 0.124. The summed E-state index contributed by atoms with van der Waals surface area (Å²) in [4.78, 5) is 9.12. The summed E-state index contributed by atoms with van der Waals surface area (Å²) in [6.45, 7) is 4.16. The van der Waals surface area contributed by atoms with E-state index in [9.17, 15) is 0 Å². The van der Waals surface area contributed by atoms with Gasteiger partial charge in [0.15, 0.2) is 5.82 Å². The molecule has 2 heterocycles. The maximum Gasteiger partial charge on any atom is 0.152 e. The molecule has 0 fully saturated rings. The molecular formula is C22H24N4O. The number of ether oxygens (including phenoxy) is 1. The predicted octanol–water partition coefficient (Wildman–Crippen LogP) is 4.12. The highest BCUT2D eigenvalue weighted by atomic mass is 16.5. The molecule has 4 aromatic rings. The summed E-state index contributed by atoms with van der Waals surface area (Å²) in [5.74, 6) is 1.41. The van der Waals surface area contributed by atoms with Crippen molar-refractivity contribution in [3.05, 3.63) is 66.0 Å². The number of imidazole rings is 1. The van der Waals surface area contributed by atoms with E-state index in [1.807, 2.05) is 31.2 Å². The first-order valence-electron chi connectivity index (χ1n) is 9.37. The molecule has 0 amide bonds. The van der Waals surface area contributed by atoms with Gasteiger partial charge in [-0.2, -0.15) is 0 Å². The Morgan fingerprint density at radius 2 is 1.74 bits per heavy atom. The molecule has 2 N–H and O–H groups in total. The topological polar surface area (TPSA) is 66.0 Å². The molecule has 0 radical (unpaired) electrons. The summed E-state index contributed by atoms with van der Waals surface area (Å²) < 4.78 is 8.07. The highest BCUT2D eigenvalue weighted by Gasteiger charge is 2.14. The number of fused-ring (bicyclic) bond motifs is 3. The third-order valence-corrected chi connectivity index (χ3v) is 4.86. The minimum atomic E-state index is 0.481. The van der Waals surface area contributed by atoms with Gasteiger partial charge in [-0.3, -0.25) is 0 Å². The van der Waals surface area contributed by atoms with Crippen molar-refractivity contribution in [3.8, 4) is 0 Å². The predicted molar refractivity (Wildman–Crippen MR) is 110 cm³/mol. The van der Waals surface area contributed by atoms with Crippen LogP contribution in [-0.4, -0.2) is 27.7 Å². The fourth-order valence-corrected chi connectivity index (χ4v) is 3.52. The van der Waals surface area contributed by atoms with Gasteiger partial charge in [-0.15, -0.1) is 0 Å². The van der Waals surface area contributed by atoms with E-state index in [-0.39, 0.29) is 0 Å². The van der Waals surface area contributed by atoms with Crippen LogP contribution in [0, 0.1) is 6.92 Å². The summed E-state index contributed by atoms with van der Waals surface area (Å²) in [6, 6.07) is 18.6. The molecule has 0 spiro atoms. The van der Waals surface area contributed by atoms with Crippen molar-refractivity contribution >= 4 is 27.8 Å². The molecule has 0 saturated carbocycles. The molecule has 0 atom stereocenters. The number of nitrogens with two attached hydrogens (primary N) is 1. The van der Waals surface area contributed by atoms with Crippen LogP contribution in [-0.2, 0) is 17.7 Å². The van der Waals surface area contributed by atoms with E-state index in [0.717, 1.165) is 53.8 Å². The number of aryl methyl sites for hydroxylation is 2. The normalized spacial score (nSPS) is 11.4. The molecule has 2 aromatic heterocycles. The molecule has 0 saturated heterocycles. The van der Waals surface area contributed by atoms with Gasteiger partial charge in [0.1, 0.15) is 11.3 Å². The van der Waals surface area contributed by atoms with Crippen LogP contribution < -0.4 is 5.73 Å². The summed E-state index contributed by atoms with van der Waals surface area (Å²) in [5.41, 5.74) is 10.2. The lowest BCUT2D eigenvalue weighted by Crippen LogP contribution is -2.09. The van der Waals surface area contributed by atoms with Crippen LogP contribution in [0.4, 0.5) is 5.82 Å². The van der Waals surface area contributed by atoms with Gasteiger partial charge in [-0.05, 0) is 31.4 Å². The van der Waals surface area contributed by atoms with Gasteiger partial charge in [0, 0.05) is 18.5 Å². The number of hydrogen-bond acceptors (Lipinski definition) is 4. The first-order chi connectivity index (χ1) is 13.2. The smallest absolute Gasteiger partial charge is 0.152 e. The van der Waals surface area contributed by atoms with Gasteiger partial charge in [-0.1, -0.05) is 48.5 Å². The van der Waals surface area contributed by atoms with Gasteiger partial charge in [0.2, 0.25) is 0 Å².